The third-order valence-electron chi connectivity index (χ3n) is 2.01. The second kappa shape index (κ2) is 6.41. The van der Waals surface area contributed by atoms with Crippen molar-refractivity contribution in [3.63, 3.8) is 0 Å². The van der Waals surface area contributed by atoms with Gasteiger partial charge in [0.1, 0.15) is 0 Å². The van der Waals surface area contributed by atoms with Gasteiger partial charge in [-0.2, -0.15) is 0 Å². The molecule has 0 amide bonds. The third kappa shape index (κ3) is 7.05. The maximum atomic E-state index is 5.58. The first-order valence-electron chi connectivity index (χ1n) is 4.91. The van der Waals surface area contributed by atoms with Crippen LogP contribution in [0.15, 0.2) is 11.6 Å². The van der Waals surface area contributed by atoms with E-state index in [0.29, 0.717) is 11.6 Å². The summed E-state index contributed by atoms with van der Waals surface area (Å²) in [5.41, 5.74) is 0. The number of ether oxygens (including phenoxy) is 1. The zero-order chi connectivity index (χ0) is 9.52. The number of hydrogen-bond donors (Lipinski definition) is 1. The van der Waals surface area contributed by atoms with E-state index in [2.05, 4.69) is 11.9 Å². The maximum absolute atomic E-state index is 5.58. The van der Waals surface area contributed by atoms with E-state index in [9.17, 15) is 0 Å². The van der Waals surface area contributed by atoms with E-state index in [4.69, 9.17) is 16.3 Å². The summed E-state index contributed by atoms with van der Waals surface area (Å²) >= 11 is 5.58. The Balaban J connectivity index is 1.70. The molecular formula is C10H18ClNO. The van der Waals surface area contributed by atoms with Crippen molar-refractivity contribution in [2.75, 3.05) is 26.3 Å². The van der Waals surface area contributed by atoms with Crippen LogP contribution in [0.4, 0.5) is 0 Å². The highest BCUT2D eigenvalue weighted by Crippen LogP contribution is 2.28. The molecule has 0 aromatic rings. The van der Waals surface area contributed by atoms with Crippen LogP contribution in [0.2, 0.25) is 0 Å². The molecule has 0 aliphatic heterocycles. The van der Waals surface area contributed by atoms with Crippen LogP contribution in [0.25, 0.3) is 0 Å². The zero-order valence-electron chi connectivity index (χ0n) is 8.02. The fraction of sp³-hybridized carbons (Fsp3) is 0.800. The molecule has 1 aliphatic rings. The quantitative estimate of drug-likeness (QED) is 0.611. The maximum Gasteiger partial charge on any atom is 0.0494 e. The molecule has 0 aromatic carbocycles. The molecule has 0 unspecified atom stereocenters. The highest BCUT2D eigenvalue weighted by molar-refractivity contribution is 6.29. The average molecular weight is 204 g/mol. The molecule has 1 saturated carbocycles. The summed E-state index contributed by atoms with van der Waals surface area (Å²) in [6.45, 7) is 7.07. The van der Waals surface area contributed by atoms with Crippen molar-refractivity contribution in [1.29, 1.82) is 0 Å². The fourth-order valence-electron chi connectivity index (χ4n) is 1.06. The minimum absolute atomic E-state index is 0.666. The Kier molecular flexibility index (Phi) is 5.44. The summed E-state index contributed by atoms with van der Waals surface area (Å²) in [5.74, 6) is 0.871. The largest absolute Gasteiger partial charge is 0.381 e. The first-order chi connectivity index (χ1) is 6.29. The topological polar surface area (TPSA) is 21.3 Å². The summed E-state index contributed by atoms with van der Waals surface area (Å²) in [4.78, 5) is 0. The fourth-order valence-corrected chi connectivity index (χ4v) is 1.15. The summed E-state index contributed by atoms with van der Waals surface area (Å²) in [6, 6.07) is 0. The SMILES string of the molecule is C=C(Cl)CNCCCOCC1CC1. The molecule has 0 bridgehead atoms. The minimum Gasteiger partial charge on any atom is -0.381 e. The lowest BCUT2D eigenvalue weighted by atomic mass is 10.4. The van der Waals surface area contributed by atoms with Gasteiger partial charge in [0.2, 0.25) is 0 Å². The van der Waals surface area contributed by atoms with Crippen LogP contribution in [0.3, 0.4) is 0 Å². The van der Waals surface area contributed by atoms with Crippen LogP contribution < -0.4 is 5.32 Å². The highest BCUT2D eigenvalue weighted by Gasteiger charge is 2.20. The Morgan fingerprint density at radius 3 is 2.92 bits per heavy atom. The molecule has 0 spiro atoms. The molecule has 0 atom stereocenters. The van der Waals surface area contributed by atoms with E-state index in [-0.39, 0.29) is 0 Å². The van der Waals surface area contributed by atoms with Gasteiger partial charge in [-0.15, -0.1) is 0 Å². The van der Waals surface area contributed by atoms with Gasteiger partial charge in [-0.05, 0) is 31.7 Å². The Morgan fingerprint density at radius 2 is 2.31 bits per heavy atom. The van der Waals surface area contributed by atoms with Gasteiger partial charge in [-0.25, -0.2) is 0 Å². The van der Waals surface area contributed by atoms with E-state index in [1.54, 1.807) is 0 Å². The van der Waals surface area contributed by atoms with Crippen LogP contribution in [0, 0.1) is 5.92 Å². The van der Waals surface area contributed by atoms with Crippen molar-refractivity contribution in [1.82, 2.24) is 5.32 Å². The molecule has 0 radical (unpaired) electrons. The van der Waals surface area contributed by atoms with Crippen molar-refractivity contribution < 1.29 is 4.74 Å². The third-order valence-corrected chi connectivity index (χ3v) is 2.14. The van der Waals surface area contributed by atoms with Crippen LogP contribution in [0.5, 0.6) is 0 Å². The van der Waals surface area contributed by atoms with Gasteiger partial charge in [0.15, 0.2) is 0 Å². The van der Waals surface area contributed by atoms with Gasteiger partial charge in [0.25, 0.3) is 0 Å². The molecule has 76 valence electrons. The van der Waals surface area contributed by atoms with Gasteiger partial charge in [-0.1, -0.05) is 18.2 Å². The van der Waals surface area contributed by atoms with Crippen molar-refractivity contribution in [2.45, 2.75) is 19.3 Å². The van der Waals surface area contributed by atoms with Crippen molar-refractivity contribution in [3.8, 4) is 0 Å². The summed E-state index contributed by atoms with van der Waals surface area (Å²) < 4.78 is 5.47. The second-order valence-corrected chi connectivity index (χ2v) is 4.10. The minimum atomic E-state index is 0.666. The number of hydrogen-bond acceptors (Lipinski definition) is 2. The van der Waals surface area contributed by atoms with E-state index >= 15 is 0 Å². The van der Waals surface area contributed by atoms with E-state index in [0.717, 1.165) is 32.1 Å². The molecule has 1 fully saturated rings. The first-order valence-corrected chi connectivity index (χ1v) is 5.28. The molecule has 3 heteroatoms. The van der Waals surface area contributed by atoms with Crippen LogP contribution in [0.1, 0.15) is 19.3 Å². The molecule has 0 saturated heterocycles. The molecule has 0 aromatic heterocycles. The van der Waals surface area contributed by atoms with Crippen molar-refractivity contribution >= 4 is 11.6 Å². The van der Waals surface area contributed by atoms with Crippen LogP contribution in [-0.4, -0.2) is 26.3 Å². The van der Waals surface area contributed by atoms with Crippen LogP contribution >= 0.6 is 11.6 Å². The van der Waals surface area contributed by atoms with E-state index < -0.39 is 0 Å². The van der Waals surface area contributed by atoms with Crippen molar-refractivity contribution in [3.05, 3.63) is 11.6 Å². The van der Waals surface area contributed by atoms with Gasteiger partial charge in [0, 0.05) is 24.8 Å². The van der Waals surface area contributed by atoms with Crippen LogP contribution in [-0.2, 0) is 4.74 Å². The lowest BCUT2D eigenvalue weighted by Gasteiger charge is -2.04. The molecule has 13 heavy (non-hydrogen) atoms. The number of halogens is 1. The van der Waals surface area contributed by atoms with Gasteiger partial charge >= 0.3 is 0 Å². The Morgan fingerprint density at radius 1 is 1.54 bits per heavy atom. The van der Waals surface area contributed by atoms with Gasteiger partial charge in [-0.3, -0.25) is 0 Å². The Bertz CT molecular complexity index is 157. The summed E-state index contributed by atoms with van der Waals surface area (Å²) in [7, 11) is 0. The number of nitrogens with one attached hydrogen (secondary N) is 1. The van der Waals surface area contributed by atoms with Gasteiger partial charge < -0.3 is 10.1 Å². The average Bonchev–Trinajstić information content (AvgIpc) is 2.86. The molecule has 1 N–H and O–H groups in total. The Labute approximate surface area is 85.3 Å². The Hall–Kier alpha value is -0.0500. The molecule has 1 rings (SSSR count). The molecular weight excluding hydrogens is 186 g/mol. The lowest BCUT2D eigenvalue weighted by molar-refractivity contribution is 0.122. The zero-order valence-corrected chi connectivity index (χ0v) is 8.78. The normalized spacial score (nSPS) is 16.1. The predicted molar refractivity (Wildman–Crippen MR) is 56.0 cm³/mol. The standard InChI is InChI=1S/C10H18ClNO/c1-9(11)7-12-5-2-6-13-8-10-3-4-10/h10,12H,1-8H2. The second-order valence-electron chi connectivity index (χ2n) is 3.57. The van der Waals surface area contributed by atoms with E-state index in [1.165, 1.54) is 12.8 Å². The lowest BCUT2D eigenvalue weighted by Crippen LogP contribution is -2.18. The van der Waals surface area contributed by atoms with Crippen molar-refractivity contribution in [2.24, 2.45) is 5.92 Å². The number of rotatable bonds is 8. The van der Waals surface area contributed by atoms with E-state index in [1.807, 2.05) is 0 Å². The highest BCUT2D eigenvalue weighted by atomic mass is 35.5. The summed E-state index contributed by atoms with van der Waals surface area (Å²) in [6.07, 6.45) is 3.78. The first kappa shape index (κ1) is 11.0. The molecule has 1 aliphatic carbocycles. The van der Waals surface area contributed by atoms with Gasteiger partial charge in [0.05, 0.1) is 0 Å². The molecule has 2 nitrogen and oxygen atoms in total. The predicted octanol–water partition coefficient (Wildman–Crippen LogP) is 2.15. The monoisotopic (exact) mass is 203 g/mol. The summed E-state index contributed by atoms with van der Waals surface area (Å²) in [5, 5.41) is 3.84. The molecule has 0 heterocycles. The smallest absolute Gasteiger partial charge is 0.0494 e.